The molecule has 1 aromatic carbocycles. The molecular formula is C15H20N2OS. The van der Waals surface area contributed by atoms with Gasteiger partial charge in [-0.25, -0.2) is 0 Å². The third-order valence-corrected chi connectivity index (χ3v) is 4.72. The Labute approximate surface area is 119 Å². The van der Waals surface area contributed by atoms with Gasteiger partial charge in [-0.05, 0) is 31.2 Å². The molecule has 4 heteroatoms. The van der Waals surface area contributed by atoms with Crippen LogP contribution < -0.4 is 5.73 Å². The van der Waals surface area contributed by atoms with Crippen molar-refractivity contribution >= 4 is 17.2 Å². The third-order valence-electron chi connectivity index (χ3n) is 4.50. The summed E-state index contributed by atoms with van der Waals surface area (Å²) in [6.45, 7) is 0.898. The van der Waals surface area contributed by atoms with Gasteiger partial charge in [0.25, 0.3) is 0 Å². The largest absolute Gasteiger partial charge is 0.393 e. The van der Waals surface area contributed by atoms with Crippen molar-refractivity contribution in [3.05, 3.63) is 35.4 Å². The van der Waals surface area contributed by atoms with Crippen LogP contribution in [0.25, 0.3) is 0 Å². The second-order valence-electron chi connectivity index (χ2n) is 5.70. The summed E-state index contributed by atoms with van der Waals surface area (Å²) in [6, 6.07) is 9.17. The molecule has 2 atom stereocenters. The fraction of sp³-hybridized carbons (Fsp3) is 0.533. The standard InChI is InChI=1S/C15H20N2OS/c16-15(19)14-4-2-1-3-10(14)9-17-11-5-6-12(17)8-13(18)7-11/h1-4,11-13,18H,5-9H2,(H2,16,19). The molecule has 19 heavy (non-hydrogen) atoms. The van der Waals surface area contributed by atoms with Crippen molar-refractivity contribution in [2.75, 3.05) is 0 Å². The van der Waals surface area contributed by atoms with Crippen LogP contribution in [0.4, 0.5) is 0 Å². The van der Waals surface area contributed by atoms with Crippen LogP contribution in [0.1, 0.15) is 36.8 Å². The van der Waals surface area contributed by atoms with E-state index in [9.17, 15) is 5.11 Å². The molecule has 3 N–H and O–H groups in total. The molecule has 2 fully saturated rings. The summed E-state index contributed by atoms with van der Waals surface area (Å²) in [6.07, 6.45) is 4.12. The minimum atomic E-state index is -0.112. The van der Waals surface area contributed by atoms with Gasteiger partial charge in [0, 0.05) is 24.2 Å². The number of nitrogens with two attached hydrogens (primary N) is 1. The van der Waals surface area contributed by atoms with Crippen LogP contribution in [-0.2, 0) is 6.54 Å². The van der Waals surface area contributed by atoms with Gasteiger partial charge in [0.2, 0.25) is 0 Å². The maximum absolute atomic E-state index is 9.85. The molecule has 0 aromatic heterocycles. The smallest absolute Gasteiger partial charge is 0.104 e. The van der Waals surface area contributed by atoms with E-state index in [1.54, 1.807) is 0 Å². The lowest BCUT2D eigenvalue weighted by Crippen LogP contribution is -2.44. The Morgan fingerprint density at radius 2 is 1.89 bits per heavy atom. The number of aliphatic hydroxyl groups is 1. The first-order chi connectivity index (χ1) is 9.15. The lowest BCUT2D eigenvalue weighted by molar-refractivity contribution is 0.0310. The minimum absolute atomic E-state index is 0.112. The minimum Gasteiger partial charge on any atom is -0.393 e. The number of aliphatic hydroxyl groups excluding tert-OH is 1. The van der Waals surface area contributed by atoms with Gasteiger partial charge >= 0.3 is 0 Å². The zero-order chi connectivity index (χ0) is 13.4. The summed E-state index contributed by atoms with van der Waals surface area (Å²) < 4.78 is 0. The molecule has 2 aliphatic heterocycles. The van der Waals surface area contributed by atoms with E-state index in [0.29, 0.717) is 17.1 Å². The van der Waals surface area contributed by atoms with Crippen molar-refractivity contribution in [1.29, 1.82) is 0 Å². The summed E-state index contributed by atoms with van der Waals surface area (Å²) >= 11 is 5.13. The van der Waals surface area contributed by atoms with Crippen LogP contribution in [-0.4, -0.2) is 33.2 Å². The van der Waals surface area contributed by atoms with Crippen LogP contribution in [0, 0.1) is 0 Å². The molecule has 2 bridgehead atoms. The van der Waals surface area contributed by atoms with E-state index in [4.69, 9.17) is 18.0 Å². The van der Waals surface area contributed by atoms with Crippen molar-refractivity contribution in [1.82, 2.24) is 4.90 Å². The van der Waals surface area contributed by atoms with Crippen LogP contribution in [0.3, 0.4) is 0 Å². The number of thiocarbonyl (C=S) groups is 1. The second kappa shape index (κ2) is 5.19. The Balaban J connectivity index is 1.81. The van der Waals surface area contributed by atoms with Gasteiger partial charge in [-0.15, -0.1) is 0 Å². The van der Waals surface area contributed by atoms with Crippen molar-refractivity contribution < 1.29 is 5.11 Å². The molecule has 2 unspecified atom stereocenters. The van der Waals surface area contributed by atoms with E-state index in [-0.39, 0.29) is 6.10 Å². The average molecular weight is 276 g/mol. The zero-order valence-electron chi connectivity index (χ0n) is 11.0. The Morgan fingerprint density at radius 1 is 1.26 bits per heavy atom. The third kappa shape index (κ3) is 2.53. The van der Waals surface area contributed by atoms with E-state index >= 15 is 0 Å². The zero-order valence-corrected chi connectivity index (χ0v) is 11.8. The van der Waals surface area contributed by atoms with Crippen molar-refractivity contribution in [2.45, 2.75) is 50.4 Å². The first-order valence-electron chi connectivity index (χ1n) is 6.96. The molecule has 0 amide bonds. The van der Waals surface area contributed by atoms with Crippen LogP contribution in [0.15, 0.2) is 24.3 Å². The number of hydrogen-bond acceptors (Lipinski definition) is 3. The molecule has 2 saturated heterocycles. The van der Waals surface area contributed by atoms with Gasteiger partial charge in [0.15, 0.2) is 0 Å². The lowest BCUT2D eigenvalue weighted by atomic mass is 9.98. The van der Waals surface area contributed by atoms with Crippen LogP contribution >= 0.6 is 12.2 Å². The summed E-state index contributed by atoms with van der Waals surface area (Å²) in [7, 11) is 0. The topological polar surface area (TPSA) is 49.5 Å². The van der Waals surface area contributed by atoms with E-state index in [0.717, 1.165) is 24.9 Å². The molecule has 0 radical (unpaired) electrons. The van der Waals surface area contributed by atoms with E-state index in [1.807, 2.05) is 18.2 Å². The molecule has 102 valence electrons. The maximum Gasteiger partial charge on any atom is 0.104 e. The van der Waals surface area contributed by atoms with E-state index in [1.165, 1.54) is 18.4 Å². The molecule has 3 rings (SSSR count). The van der Waals surface area contributed by atoms with Crippen LogP contribution in [0.2, 0.25) is 0 Å². The van der Waals surface area contributed by atoms with Crippen molar-refractivity contribution in [2.24, 2.45) is 5.73 Å². The summed E-state index contributed by atoms with van der Waals surface area (Å²) in [5.41, 5.74) is 8.00. The van der Waals surface area contributed by atoms with Crippen molar-refractivity contribution in [3.63, 3.8) is 0 Å². The second-order valence-corrected chi connectivity index (χ2v) is 6.14. The number of hydrogen-bond donors (Lipinski definition) is 2. The first-order valence-corrected chi connectivity index (χ1v) is 7.37. The van der Waals surface area contributed by atoms with Gasteiger partial charge in [-0.1, -0.05) is 36.5 Å². The monoisotopic (exact) mass is 276 g/mol. The molecular weight excluding hydrogens is 256 g/mol. The predicted molar refractivity (Wildman–Crippen MR) is 79.9 cm³/mol. The summed E-state index contributed by atoms with van der Waals surface area (Å²) in [5, 5.41) is 9.85. The highest BCUT2D eigenvalue weighted by Crippen LogP contribution is 2.37. The Morgan fingerprint density at radius 3 is 2.53 bits per heavy atom. The van der Waals surface area contributed by atoms with Crippen LogP contribution in [0.5, 0.6) is 0 Å². The number of nitrogens with zero attached hydrogens (tertiary/aromatic N) is 1. The Hall–Kier alpha value is -0.970. The molecule has 2 heterocycles. The summed E-state index contributed by atoms with van der Waals surface area (Å²) in [4.78, 5) is 3.00. The predicted octanol–water partition coefficient (Wildman–Crippen LogP) is 1.81. The molecule has 3 nitrogen and oxygen atoms in total. The molecule has 0 spiro atoms. The highest BCUT2D eigenvalue weighted by Gasteiger charge is 2.40. The van der Waals surface area contributed by atoms with Gasteiger partial charge < -0.3 is 10.8 Å². The molecule has 0 saturated carbocycles. The van der Waals surface area contributed by atoms with Crippen molar-refractivity contribution in [3.8, 4) is 0 Å². The molecule has 1 aromatic rings. The fourth-order valence-corrected chi connectivity index (χ4v) is 3.80. The highest BCUT2D eigenvalue weighted by molar-refractivity contribution is 7.80. The lowest BCUT2D eigenvalue weighted by Gasteiger charge is -2.37. The number of benzene rings is 1. The van der Waals surface area contributed by atoms with Gasteiger partial charge in [0.05, 0.1) is 6.10 Å². The number of piperidine rings is 1. The Bertz CT molecular complexity index is 477. The van der Waals surface area contributed by atoms with Gasteiger partial charge in [-0.3, -0.25) is 4.90 Å². The quantitative estimate of drug-likeness (QED) is 0.827. The summed E-state index contributed by atoms with van der Waals surface area (Å²) in [5.74, 6) is 0. The first kappa shape index (κ1) is 13.0. The van der Waals surface area contributed by atoms with Gasteiger partial charge in [0.1, 0.15) is 4.99 Å². The van der Waals surface area contributed by atoms with Gasteiger partial charge in [-0.2, -0.15) is 0 Å². The average Bonchev–Trinajstić information content (AvgIpc) is 2.62. The Kier molecular flexibility index (Phi) is 3.56. The SMILES string of the molecule is NC(=S)c1ccccc1CN1C2CCC1CC(O)C2. The maximum atomic E-state index is 9.85. The molecule has 0 aliphatic carbocycles. The highest BCUT2D eigenvalue weighted by atomic mass is 32.1. The normalized spacial score (nSPS) is 30.5. The molecule has 2 aliphatic rings. The van der Waals surface area contributed by atoms with E-state index in [2.05, 4.69) is 11.0 Å². The number of rotatable bonds is 3. The van der Waals surface area contributed by atoms with E-state index < -0.39 is 0 Å². The fourth-order valence-electron chi connectivity index (χ4n) is 3.60. The number of fused-ring (bicyclic) bond motifs is 2.